The Labute approximate surface area is 118 Å². The molecule has 0 aliphatic rings. The zero-order valence-corrected chi connectivity index (χ0v) is 11.8. The van der Waals surface area contributed by atoms with Gasteiger partial charge in [0.1, 0.15) is 12.4 Å². The summed E-state index contributed by atoms with van der Waals surface area (Å²) < 4.78 is 5.54. The van der Waals surface area contributed by atoms with E-state index in [0.29, 0.717) is 6.61 Å². The number of hydrogen-bond donors (Lipinski definition) is 3. The molecule has 2 amide bonds. The predicted octanol–water partition coefficient (Wildman–Crippen LogP) is 0.0812. The van der Waals surface area contributed by atoms with Crippen molar-refractivity contribution in [3.63, 3.8) is 0 Å². The van der Waals surface area contributed by atoms with Crippen LogP contribution in [-0.4, -0.2) is 30.5 Å². The second-order valence-electron chi connectivity index (χ2n) is 4.81. The summed E-state index contributed by atoms with van der Waals surface area (Å²) in [6.07, 6.45) is -0.169. The van der Waals surface area contributed by atoms with Crippen molar-refractivity contribution in [2.45, 2.75) is 32.4 Å². The first kappa shape index (κ1) is 16.0. The van der Waals surface area contributed by atoms with Crippen molar-refractivity contribution >= 4 is 11.8 Å². The molecule has 110 valence electrons. The van der Waals surface area contributed by atoms with Crippen LogP contribution in [0.4, 0.5) is 0 Å². The predicted molar refractivity (Wildman–Crippen MR) is 76.1 cm³/mol. The van der Waals surface area contributed by atoms with E-state index in [1.165, 1.54) is 0 Å². The highest BCUT2D eigenvalue weighted by molar-refractivity contribution is 5.87. The number of primary amides is 1. The SMILES string of the molecule is Cc1ccc(OCC(C)NC(=O)C(N)CC(N)=O)cc1. The summed E-state index contributed by atoms with van der Waals surface area (Å²) in [5, 5.41) is 2.67. The van der Waals surface area contributed by atoms with E-state index in [4.69, 9.17) is 16.2 Å². The molecule has 0 aliphatic carbocycles. The maximum atomic E-state index is 11.6. The number of benzene rings is 1. The topological polar surface area (TPSA) is 107 Å². The van der Waals surface area contributed by atoms with E-state index in [1.807, 2.05) is 31.2 Å². The molecule has 0 saturated heterocycles. The number of aryl methyl sites for hydroxylation is 1. The molecule has 0 spiro atoms. The van der Waals surface area contributed by atoms with Crippen LogP contribution >= 0.6 is 0 Å². The van der Waals surface area contributed by atoms with E-state index in [0.717, 1.165) is 11.3 Å². The molecule has 5 N–H and O–H groups in total. The number of nitrogens with one attached hydrogen (secondary N) is 1. The smallest absolute Gasteiger partial charge is 0.237 e. The molecule has 0 aromatic heterocycles. The number of carbonyl (C=O) groups excluding carboxylic acids is 2. The van der Waals surface area contributed by atoms with Crippen molar-refractivity contribution in [3.05, 3.63) is 29.8 Å². The van der Waals surface area contributed by atoms with Crippen molar-refractivity contribution in [2.24, 2.45) is 11.5 Å². The normalized spacial score (nSPS) is 13.3. The van der Waals surface area contributed by atoms with Crippen LogP contribution in [0.15, 0.2) is 24.3 Å². The molecule has 0 bridgehead atoms. The third-order valence-corrected chi connectivity index (χ3v) is 2.67. The van der Waals surface area contributed by atoms with E-state index in [1.54, 1.807) is 6.92 Å². The second-order valence-corrected chi connectivity index (χ2v) is 4.81. The van der Waals surface area contributed by atoms with E-state index >= 15 is 0 Å². The van der Waals surface area contributed by atoms with Gasteiger partial charge in [0.05, 0.1) is 18.5 Å². The average Bonchev–Trinajstić information content (AvgIpc) is 2.37. The van der Waals surface area contributed by atoms with Crippen LogP contribution in [0, 0.1) is 6.92 Å². The summed E-state index contributed by atoms with van der Waals surface area (Å²) in [4.78, 5) is 22.3. The fourth-order valence-corrected chi connectivity index (χ4v) is 1.56. The third kappa shape index (κ3) is 5.71. The Morgan fingerprint density at radius 3 is 2.45 bits per heavy atom. The monoisotopic (exact) mass is 279 g/mol. The van der Waals surface area contributed by atoms with Gasteiger partial charge in [0.15, 0.2) is 0 Å². The summed E-state index contributed by atoms with van der Waals surface area (Å²) in [5.74, 6) is -0.279. The molecule has 0 radical (unpaired) electrons. The minimum Gasteiger partial charge on any atom is -0.491 e. The van der Waals surface area contributed by atoms with E-state index in [-0.39, 0.29) is 12.5 Å². The highest BCUT2D eigenvalue weighted by Crippen LogP contribution is 2.11. The molecule has 0 saturated carbocycles. The lowest BCUT2D eigenvalue weighted by atomic mass is 10.2. The van der Waals surface area contributed by atoms with Gasteiger partial charge in [0.25, 0.3) is 0 Å². The summed E-state index contributed by atoms with van der Waals surface area (Å²) in [5.41, 5.74) is 11.7. The van der Waals surface area contributed by atoms with Crippen molar-refractivity contribution in [1.82, 2.24) is 5.32 Å². The molecule has 2 atom stereocenters. The molecule has 1 aromatic carbocycles. The summed E-state index contributed by atoms with van der Waals surface area (Å²) >= 11 is 0. The van der Waals surface area contributed by atoms with Crippen LogP contribution in [0.1, 0.15) is 18.9 Å². The largest absolute Gasteiger partial charge is 0.491 e. The molecule has 0 fully saturated rings. The Bertz CT molecular complexity index is 459. The Morgan fingerprint density at radius 1 is 1.30 bits per heavy atom. The minimum absolute atomic E-state index is 0.169. The Balaban J connectivity index is 2.36. The van der Waals surface area contributed by atoms with Gasteiger partial charge in [-0.3, -0.25) is 9.59 Å². The van der Waals surface area contributed by atoms with Crippen LogP contribution in [0.5, 0.6) is 5.75 Å². The van der Waals surface area contributed by atoms with Crippen LogP contribution in [-0.2, 0) is 9.59 Å². The molecule has 1 aromatic rings. The van der Waals surface area contributed by atoms with E-state index < -0.39 is 17.9 Å². The van der Waals surface area contributed by atoms with Gasteiger partial charge >= 0.3 is 0 Å². The van der Waals surface area contributed by atoms with Gasteiger partial charge in [-0.1, -0.05) is 17.7 Å². The van der Waals surface area contributed by atoms with Crippen LogP contribution in [0.25, 0.3) is 0 Å². The maximum Gasteiger partial charge on any atom is 0.237 e. The molecule has 6 heteroatoms. The lowest BCUT2D eigenvalue weighted by Crippen LogP contribution is -2.47. The first-order valence-corrected chi connectivity index (χ1v) is 6.42. The molecule has 0 aliphatic heterocycles. The van der Waals surface area contributed by atoms with Gasteiger partial charge in [0.2, 0.25) is 11.8 Å². The van der Waals surface area contributed by atoms with Gasteiger partial charge in [0, 0.05) is 0 Å². The zero-order valence-electron chi connectivity index (χ0n) is 11.8. The minimum atomic E-state index is -0.922. The van der Waals surface area contributed by atoms with Gasteiger partial charge in [-0.15, -0.1) is 0 Å². The molecule has 1 rings (SSSR count). The molecular weight excluding hydrogens is 258 g/mol. The summed E-state index contributed by atoms with van der Waals surface area (Å²) in [6.45, 7) is 4.11. The highest BCUT2D eigenvalue weighted by atomic mass is 16.5. The number of carbonyl (C=O) groups is 2. The van der Waals surface area contributed by atoms with Crippen molar-refractivity contribution in [2.75, 3.05) is 6.61 Å². The number of amides is 2. The quantitative estimate of drug-likeness (QED) is 0.657. The summed E-state index contributed by atoms with van der Waals surface area (Å²) in [7, 11) is 0. The second kappa shape index (κ2) is 7.49. The lowest BCUT2D eigenvalue weighted by molar-refractivity contribution is -0.126. The maximum absolute atomic E-state index is 11.6. The fraction of sp³-hybridized carbons (Fsp3) is 0.429. The van der Waals surface area contributed by atoms with E-state index in [2.05, 4.69) is 5.32 Å². The number of hydrogen-bond acceptors (Lipinski definition) is 4. The standard InChI is InChI=1S/C14H21N3O3/c1-9-3-5-11(6-4-9)20-8-10(2)17-14(19)12(15)7-13(16)18/h3-6,10,12H,7-8,15H2,1-2H3,(H2,16,18)(H,17,19). The average molecular weight is 279 g/mol. The Morgan fingerprint density at radius 2 is 1.90 bits per heavy atom. The van der Waals surface area contributed by atoms with Crippen molar-refractivity contribution in [1.29, 1.82) is 0 Å². The Kier molecular flexibility index (Phi) is 5.99. The van der Waals surface area contributed by atoms with Crippen LogP contribution in [0.3, 0.4) is 0 Å². The number of nitrogens with two attached hydrogens (primary N) is 2. The number of ether oxygens (including phenoxy) is 1. The third-order valence-electron chi connectivity index (χ3n) is 2.67. The van der Waals surface area contributed by atoms with E-state index in [9.17, 15) is 9.59 Å². The Hall–Kier alpha value is -2.08. The molecule has 6 nitrogen and oxygen atoms in total. The first-order valence-electron chi connectivity index (χ1n) is 6.42. The molecular formula is C14H21N3O3. The van der Waals surface area contributed by atoms with Gasteiger partial charge in [-0.05, 0) is 26.0 Å². The molecule has 0 heterocycles. The van der Waals surface area contributed by atoms with Crippen molar-refractivity contribution in [3.8, 4) is 5.75 Å². The van der Waals surface area contributed by atoms with Gasteiger partial charge in [-0.2, -0.15) is 0 Å². The molecule has 20 heavy (non-hydrogen) atoms. The first-order chi connectivity index (χ1) is 9.38. The number of rotatable bonds is 7. The van der Waals surface area contributed by atoms with Crippen molar-refractivity contribution < 1.29 is 14.3 Å². The molecule has 2 unspecified atom stereocenters. The summed E-state index contributed by atoms with van der Waals surface area (Å²) in [6, 6.07) is 6.48. The van der Waals surface area contributed by atoms with Crippen LogP contribution < -0.4 is 21.5 Å². The zero-order chi connectivity index (χ0) is 15.1. The van der Waals surface area contributed by atoms with Gasteiger partial charge in [-0.25, -0.2) is 0 Å². The van der Waals surface area contributed by atoms with Crippen LogP contribution in [0.2, 0.25) is 0 Å². The van der Waals surface area contributed by atoms with Gasteiger partial charge < -0.3 is 21.5 Å². The fourth-order valence-electron chi connectivity index (χ4n) is 1.56. The lowest BCUT2D eigenvalue weighted by Gasteiger charge is -2.17. The highest BCUT2D eigenvalue weighted by Gasteiger charge is 2.17.